The van der Waals surface area contributed by atoms with Crippen LogP contribution in [-0.2, 0) is 24.2 Å². The highest BCUT2D eigenvalue weighted by atomic mass is 32.1. The minimum absolute atomic E-state index is 0.174. The van der Waals surface area contributed by atoms with Crippen LogP contribution in [0, 0.1) is 0 Å². The molecule has 1 aromatic carbocycles. The van der Waals surface area contributed by atoms with Crippen molar-refractivity contribution in [2.75, 3.05) is 17.6 Å². The second-order valence-electron chi connectivity index (χ2n) is 8.41. The van der Waals surface area contributed by atoms with Crippen LogP contribution in [0.15, 0.2) is 59.8 Å². The number of hydrogen-bond donors (Lipinski definition) is 3. The van der Waals surface area contributed by atoms with Gasteiger partial charge in [0.25, 0.3) is 5.56 Å². The van der Waals surface area contributed by atoms with Crippen LogP contribution in [0.4, 0.5) is 11.4 Å². The maximum Gasteiger partial charge on any atom is 0.277 e. The predicted octanol–water partition coefficient (Wildman–Crippen LogP) is 3.28. The summed E-state index contributed by atoms with van der Waals surface area (Å²) >= 11 is 1.54. The lowest BCUT2D eigenvalue weighted by molar-refractivity contribution is -0.124. The fourth-order valence-electron chi connectivity index (χ4n) is 4.35. The summed E-state index contributed by atoms with van der Waals surface area (Å²) in [4.78, 5) is 35.7. The van der Waals surface area contributed by atoms with Crippen molar-refractivity contribution in [1.82, 2.24) is 19.9 Å². The van der Waals surface area contributed by atoms with Gasteiger partial charge in [0.1, 0.15) is 17.6 Å². The number of aryl methyl sites for hydroxylation is 2. The van der Waals surface area contributed by atoms with E-state index in [0.717, 1.165) is 27.8 Å². The Morgan fingerprint density at radius 2 is 2.06 bits per heavy atom. The highest BCUT2D eigenvalue weighted by molar-refractivity contribution is 7.19. The van der Waals surface area contributed by atoms with E-state index in [1.807, 2.05) is 24.3 Å². The van der Waals surface area contributed by atoms with Crippen LogP contribution < -0.4 is 21.9 Å². The molecular weight excluding hydrogens is 448 g/mol. The molecule has 1 aliphatic rings. The number of thiophene rings is 1. The summed E-state index contributed by atoms with van der Waals surface area (Å²) in [6, 6.07) is 11.7. The van der Waals surface area contributed by atoms with Gasteiger partial charge in [-0.1, -0.05) is 30.3 Å². The molecule has 3 aromatic heterocycles. The molecule has 0 radical (unpaired) electrons. The van der Waals surface area contributed by atoms with Gasteiger partial charge in [-0.05, 0) is 30.9 Å². The Bertz CT molecular complexity index is 1380. The molecule has 1 atom stereocenters. The summed E-state index contributed by atoms with van der Waals surface area (Å²) < 4.78 is 2.51. The first-order valence-corrected chi connectivity index (χ1v) is 12.2. The van der Waals surface area contributed by atoms with Crippen LogP contribution >= 0.6 is 11.3 Å². The van der Waals surface area contributed by atoms with Gasteiger partial charge in [0, 0.05) is 29.4 Å². The van der Waals surface area contributed by atoms with Gasteiger partial charge in [-0.25, -0.2) is 4.98 Å². The highest BCUT2D eigenvalue weighted by Crippen LogP contribution is 2.29. The van der Waals surface area contributed by atoms with Crippen molar-refractivity contribution in [3.8, 4) is 0 Å². The third-order valence-corrected chi connectivity index (χ3v) is 7.26. The Morgan fingerprint density at radius 3 is 2.88 bits per heavy atom. The Hall–Kier alpha value is -3.72. The van der Waals surface area contributed by atoms with Crippen molar-refractivity contribution in [3.05, 3.63) is 81.6 Å². The number of aromatic nitrogens is 3. The maximum atomic E-state index is 13.1. The van der Waals surface area contributed by atoms with Crippen LogP contribution in [0.25, 0.3) is 10.1 Å². The Kier molecular flexibility index (Phi) is 6.27. The predicted molar refractivity (Wildman–Crippen MR) is 135 cm³/mol. The van der Waals surface area contributed by atoms with Crippen LogP contribution in [0.3, 0.4) is 0 Å². The van der Waals surface area contributed by atoms with Crippen molar-refractivity contribution in [2.45, 2.75) is 38.3 Å². The van der Waals surface area contributed by atoms with Gasteiger partial charge < -0.3 is 16.4 Å². The van der Waals surface area contributed by atoms with Crippen LogP contribution in [-0.4, -0.2) is 27.0 Å². The number of carbonyl (C=O) groups excluding carboxylic acids is 1. The third kappa shape index (κ3) is 4.51. The summed E-state index contributed by atoms with van der Waals surface area (Å²) in [5, 5.41) is 7.15. The van der Waals surface area contributed by atoms with Crippen molar-refractivity contribution in [1.29, 1.82) is 0 Å². The van der Waals surface area contributed by atoms with Gasteiger partial charge in [0.15, 0.2) is 0 Å². The standard InChI is InChI=1S/C25H26N6O2S/c26-19-14-27-12-17-11-18(34-23(17)19)13-30-24(32)21-8-9-22-29-15-20(25(33)31(21)22)28-10-4-7-16-5-2-1-3-6-16/h1-3,5-6,11-12,14-15,21,28H,4,7-10,13,26H2,(H,30,32)/t21-/m0/s1. The number of fused-ring (bicyclic) bond motifs is 2. The van der Waals surface area contributed by atoms with E-state index < -0.39 is 6.04 Å². The molecule has 0 saturated carbocycles. The van der Waals surface area contributed by atoms with E-state index in [2.05, 4.69) is 32.7 Å². The van der Waals surface area contributed by atoms with E-state index in [4.69, 9.17) is 5.73 Å². The third-order valence-electron chi connectivity index (χ3n) is 6.06. The van der Waals surface area contributed by atoms with Crippen LogP contribution in [0.5, 0.6) is 0 Å². The lowest BCUT2D eigenvalue weighted by Gasteiger charge is -2.15. The summed E-state index contributed by atoms with van der Waals surface area (Å²) in [6.45, 7) is 1.04. The number of nitrogen functional groups attached to an aromatic ring is 1. The van der Waals surface area contributed by atoms with Gasteiger partial charge in [-0.3, -0.25) is 19.1 Å². The lowest BCUT2D eigenvalue weighted by Crippen LogP contribution is -2.36. The number of nitrogens with two attached hydrogens (primary N) is 1. The van der Waals surface area contributed by atoms with Gasteiger partial charge in [0.05, 0.1) is 29.3 Å². The van der Waals surface area contributed by atoms with Crippen molar-refractivity contribution in [2.24, 2.45) is 0 Å². The first-order chi connectivity index (χ1) is 16.6. The number of pyridine rings is 1. The quantitative estimate of drug-likeness (QED) is 0.338. The van der Waals surface area contributed by atoms with Gasteiger partial charge in [0.2, 0.25) is 5.91 Å². The van der Waals surface area contributed by atoms with Crippen molar-refractivity contribution >= 4 is 38.7 Å². The summed E-state index contributed by atoms with van der Waals surface area (Å²) in [7, 11) is 0. The second kappa shape index (κ2) is 9.64. The number of benzene rings is 1. The van der Waals surface area contributed by atoms with Crippen LogP contribution in [0.1, 0.15) is 35.1 Å². The number of nitrogens with one attached hydrogen (secondary N) is 2. The Morgan fingerprint density at radius 1 is 1.21 bits per heavy atom. The van der Waals surface area contributed by atoms with Crippen molar-refractivity contribution in [3.63, 3.8) is 0 Å². The lowest BCUT2D eigenvalue weighted by atomic mass is 10.1. The molecule has 174 valence electrons. The Labute approximate surface area is 200 Å². The molecule has 0 saturated heterocycles. The van der Waals surface area contributed by atoms with E-state index >= 15 is 0 Å². The molecule has 0 fully saturated rings. The highest BCUT2D eigenvalue weighted by Gasteiger charge is 2.31. The molecule has 8 nitrogen and oxygen atoms in total. The zero-order valence-corrected chi connectivity index (χ0v) is 19.5. The minimum atomic E-state index is -0.554. The average Bonchev–Trinajstić information content (AvgIpc) is 3.48. The molecule has 0 unspecified atom stereocenters. The molecule has 4 heterocycles. The topological polar surface area (TPSA) is 115 Å². The van der Waals surface area contributed by atoms with E-state index in [0.29, 0.717) is 43.1 Å². The van der Waals surface area contributed by atoms with E-state index in [-0.39, 0.29) is 11.5 Å². The molecule has 9 heteroatoms. The molecule has 0 bridgehead atoms. The first kappa shape index (κ1) is 22.1. The normalized spacial score (nSPS) is 14.8. The smallest absolute Gasteiger partial charge is 0.277 e. The summed E-state index contributed by atoms with van der Waals surface area (Å²) in [6.07, 6.45) is 7.97. The number of hydrogen-bond acceptors (Lipinski definition) is 7. The molecule has 0 spiro atoms. The number of nitrogens with zero attached hydrogens (tertiary/aromatic N) is 3. The van der Waals surface area contributed by atoms with E-state index in [1.165, 1.54) is 16.9 Å². The number of anilines is 2. The monoisotopic (exact) mass is 474 g/mol. The summed E-state index contributed by atoms with van der Waals surface area (Å²) in [5.41, 5.74) is 8.13. The number of rotatable bonds is 8. The fraction of sp³-hybridized carbons (Fsp3) is 0.280. The SMILES string of the molecule is Nc1cncc2cc(CNC(=O)[C@@H]3CCc4ncc(NCCCc5ccccc5)c(=O)n43)sc12. The molecule has 1 amide bonds. The van der Waals surface area contributed by atoms with Crippen molar-refractivity contribution < 1.29 is 4.79 Å². The minimum Gasteiger partial charge on any atom is -0.396 e. The van der Waals surface area contributed by atoms with Gasteiger partial charge in [-0.15, -0.1) is 11.3 Å². The first-order valence-electron chi connectivity index (χ1n) is 11.4. The fourth-order valence-corrected chi connectivity index (χ4v) is 5.34. The summed E-state index contributed by atoms with van der Waals surface area (Å²) in [5.74, 6) is 0.480. The largest absolute Gasteiger partial charge is 0.396 e. The zero-order valence-electron chi connectivity index (χ0n) is 18.7. The van der Waals surface area contributed by atoms with E-state index in [1.54, 1.807) is 23.2 Å². The van der Waals surface area contributed by atoms with Crippen LogP contribution in [0.2, 0.25) is 0 Å². The molecule has 5 rings (SSSR count). The maximum absolute atomic E-state index is 13.1. The molecule has 4 aromatic rings. The molecule has 4 N–H and O–H groups in total. The molecule has 34 heavy (non-hydrogen) atoms. The number of carbonyl (C=O) groups is 1. The zero-order chi connectivity index (χ0) is 23.5. The second-order valence-corrected chi connectivity index (χ2v) is 9.55. The molecular formula is C25H26N6O2S. The van der Waals surface area contributed by atoms with Gasteiger partial charge in [-0.2, -0.15) is 0 Å². The molecule has 1 aliphatic heterocycles. The Balaban J connectivity index is 1.23. The molecule has 0 aliphatic carbocycles. The van der Waals surface area contributed by atoms with E-state index in [9.17, 15) is 9.59 Å². The number of amides is 1. The van der Waals surface area contributed by atoms with Gasteiger partial charge >= 0.3 is 0 Å². The average molecular weight is 475 g/mol.